The minimum absolute atomic E-state index is 0.0710. The first-order chi connectivity index (χ1) is 12.8. The van der Waals surface area contributed by atoms with Gasteiger partial charge in [0.1, 0.15) is 5.60 Å². The van der Waals surface area contributed by atoms with E-state index >= 15 is 0 Å². The molecular formula is C20H36N4O3. The highest BCUT2D eigenvalue weighted by Crippen LogP contribution is 2.35. The number of rotatable bonds is 8. The molecule has 2 heterocycles. The van der Waals surface area contributed by atoms with Crippen LogP contribution in [-0.2, 0) is 9.53 Å². The molecule has 3 aliphatic rings. The number of likely N-dealkylation sites (tertiary alicyclic amines) is 1. The predicted molar refractivity (Wildman–Crippen MR) is 104 cm³/mol. The van der Waals surface area contributed by atoms with Gasteiger partial charge < -0.3 is 25.2 Å². The monoisotopic (exact) mass is 380 g/mol. The molecule has 1 saturated carbocycles. The Kier molecular flexibility index (Phi) is 6.31. The summed E-state index contributed by atoms with van der Waals surface area (Å²) in [4.78, 5) is 30.8. The van der Waals surface area contributed by atoms with Crippen LogP contribution in [0.25, 0.3) is 0 Å². The van der Waals surface area contributed by atoms with E-state index < -0.39 is 5.60 Å². The highest BCUT2D eigenvalue weighted by molar-refractivity contribution is 5.82. The fourth-order valence-corrected chi connectivity index (χ4v) is 4.37. The van der Waals surface area contributed by atoms with Gasteiger partial charge in [-0.1, -0.05) is 13.8 Å². The Hall–Kier alpha value is -1.34. The van der Waals surface area contributed by atoms with Crippen LogP contribution in [0.4, 0.5) is 4.79 Å². The lowest BCUT2D eigenvalue weighted by molar-refractivity contribution is -0.136. The summed E-state index contributed by atoms with van der Waals surface area (Å²) < 4.78 is 5.78. The van der Waals surface area contributed by atoms with Gasteiger partial charge in [-0.25, -0.2) is 4.79 Å². The average Bonchev–Trinajstić information content (AvgIpc) is 3.40. The van der Waals surface area contributed by atoms with Crippen molar-refractivity contribution in [3.05, 3.63) is 0 Å². The maximum Gasteiger partial charge on any atom is 0.410 e. The Morgan fingerprint density at radius 3 is 2.59 bits per heavy atom. The van der Waals surface area contributed by atoms with Crippen LogP contribution < -0.4 is 5.73 Å². The van der Waals surface area contributed by atoms with Gasteiger partial charge in [-0.2, -0.15) is 0 Å². The van der Waals surface area contributed by atoms with Crippen LogP contribution in [-0.4, -0.2) is 84.7 Å². The molecule has 1 aliphatic carbocycles. The molecule has 2 amide bonds. The van der Waals surface area contributed by atoms with Crippen molar-refractivity contribution in [1.82, 2.24) is 14.7 Å². The maximum atomic E-state index is 12.5. The first kappa shape index (κ1) is 20.4. The SMILES string of the molecule is CC(C)CN(C)CCCN1CC2(CCN(C(=O)[C@@H](N)C3CC3)CC2)OC1=O. The molecule has 0 aromatic heterocycles. The zero-order valence-corrected chi connectivity index (χ0v) is 17.2. The number of carbonyl (C=O) groups excluding carboxylic acids is 2. The summed E-state index contributed by atoms with van der Waals surface area (Å²) in [6, 6.07) is -0.343. The van der Waals surface area contributed by atoms with E-state index in [4.69, 9.17) is 10.5 Å². The third kappa shape index (κ3) is 5.13. The molecule has 3 fully saturated rings. The van der Waals surface area contributed by atoms with Crippen molar-refractivity contribution < 1.29 is 14.3 Å². The molecule has 1 atom stereocenters. The number of piperidine rings is 1. The minimum atomic E-state index is -0.415. The second-order valence-electron chi connectivity index (χ2n) is 9.17. The van der Waals surface area contributed by atoms with E-state index in [1.165, 1.54) is 0 Å². The molecule has 3 rings (SSSR count). The summed E-state index contributed by atoms with van der Waals surface area (Å²) in [5.41, 5.74) is 5.65. The van der Waals surface area contributed by atoms with E-state index in [1.807, 2.05) is 9.80 Å². The van der Waals surface area contributed by atoms with Crippen LogP contribution in [0.15, 0.2) is 0 Å². The number of hydrogen-bond donors (Lipinski definition) is 1. The van der Waals surface area contributed by atoms with Gasteiger partial charge >= 0.3 is 6.09 Å². The predicted octanol–water partition coefficient (Wildman–Crippen LogP) is 1.52. The summed E-state index contributed by atoms with van der Waals surface area (Å²) in [5, 5.41) is 0. The average molecular weight is 381 g/mol. The maximum absolute atomic E-state index is 12.5. The lowest BCUT2D eigenvalue weighted by atomic mass is 9.91. The van der Waals surface area contributed by atoms with Crippen LogP contribution in [0.1, 0.15) is 46.0 Å². The standard InChI is InChI=1S/C20H36N4O3/c1-15(2)13-22(3)9-4-10-24-14-20(27-19(24)26)7-11-23(12-8-20)18(25)17(21)16-5-6-16/h15-17H,4-14,21H2,1-3H3/t17-/m0/s1. The van der Waals surface area contributed by atoms with Crippen molar-refractivity contribution in [2.45, 2.75) is 57.6 Å². The molecule has 2 aliphatic heterocycles. The summed E-state index contributed by atoms with van der Waals surface area (Å²) in [6.07, 6.45) is 4.33. The summed E-state index contributed by atoms with van der Waals surface area (Å²) >= 11 is 0. The highest BCUT2D eigenvalue weighted by atomic mass is 16.6. The van der Waals surface area contributed by atoms with Gasteiger partial charge in [-0.15, -0.1) is 0 Å². The van der Waals surface area contributed by atoms with Crippen LogP contribution >= 0.6 is 0 Å². The third-order valence-corrected chi connectivity index (χ3v) is 6.09. The second kappa shape index (κ2) is 8.35. The van der Waals surface area contributed by atoms with Crippen molar-refractivity contribution >= 4 is 12.0 Å². The number of nitrogens with zero attached hydrogens (tertiary/aromatic N) is 3. The van der Waals surface area contributed by atoms with Crippen LogP contribution in [0, 0.1) is 11.8 Å². The fourth-order valence-electron chi connectivity index (χ4n) is 4.37. The summed E-state index contributed by atoms with van der Waals surface area (Å²) in [7, 11) is 2.13. The Labute approximate surface area is 163 Å². The smallest absolute Gasteiger partial charge is 0.410 e. The van der Waals surface area contributed by atoms with Crippen molar-refractivity contribution in [1.29, 1.82) is 0 Å². The third-order valence-electron chi connectivity index (χ3n) is 6.09. The molecular weight excluding hydrogens is 344 g/mol. The topological polar surface area (TPSA) is 79.1 Å². The van der Waals surface area contributed by atoms with E-state index in [-0.39, 0.29) is 18.0 Å². The number of nitrogens with two attached hydrogens (primary N) is 1. The quantitative estimate of drug-likeness (QED) is 0.691. The molecule has 1 spiro atoms. The summed E-state index contributed by atoms with van der Waals surface area (Å²) in [5.74, 6) is 1.10. The van der Waals surface area contributed by atoms with Gasteiger partial charge in [0.15, 0.2) is 0 Å². The number of amides is 2. The molecule has 154 valence electrons. The molecule has 0 unspecified atom stereocenters. The Bertz CT molecular complexity index is 541. The normalized spacial score (nSPS) is 23.4. The fraction of sp³-hybridized carbons (Fsp3) is 0.900. The lowest BCUT2D eigenvalue weighted by Gasteiger charge is -2.38. The van der Waals surface area contributed by atoms with E-state index in [1.54, 1.807) is 0 Å². The highest BCUT2D eigenvalue weighted by Gasteiger charge is 2.48. The first-order valence-corrected chi connectivity index (χ1v) is 10.5. The van der Waals surface area contributed by atoms with Crippen molar-refractivity contribution in [2.75, 3.05) is 46.3 Å². The molecule has 7 nitrogen and oxygen atoms in total. The Balaban J connectivity index is 1.42. The van der Waals surface area contributed by atoms with E-state index in [0.717, 1.165) is 38.9 Å². The molecule has 7 heteroatoms. The van der Waals surface area contributed by atoms with Crippen LogP contribution in [0.2, 0.25) is 0 Å². The lowest BCUT2D eigenvalue weighted by Crippen LogP contribution is -2.53. The molecule has 2 saturated heterocycles. The largest absolute Gasteiger partial charge is 0.441 e. The molecule has 0 aromatic carbocycles. The first-order valence-electron chi connectivity index (χ1n) is 10.5. The van der Waals surface area contributed by atoms with Gasteiger partial charge in [-0.3, -0.25) is 4.79 Å². The number of carbonyl (C=O) groups is 2. The number of hydrogen-bond acceptors (Lipinski definition) is 5. The minimum Gasteiger partial charge on any atom is -0.441 e. The van der Waals surface area contributed by atoms with E-state index in [2.05, 4.69) is 25.8 Å². The zero-order chi connectivity index (χ0) is 19.6. The Morgan fingerprint density at radius 2 is 2.00 bits per heavy atom. The van der Waals surface area contributed by atoms with Gasteiger partial charge in [0, 0.05) is 39.0 Å². The second-order valence-corrected chi connectivity index (χ2v) is 9.17. The molecule has 0 radical (unpaired) electrons. The van der Waals surface area contributed by atoms with Crippen molar-refractivity contribution in [3.63, 3.8) is 0 Å². The van der Waals surface area contributed by atoms with Gasteiger partial charge in [0.05, 0.1) is 12.6 Å². The van der Waals surface area contributed by atoms with E-state index in [9.17, 15) is 9.59 Å². The molecule has 0 aromatic rings. The van der Waals surface area contributed by atoms with Gasteiger partial charge in [0.2, 0.25) is 5.91 Å². The summed E-state index contributed by atoms with van der Waals surface area (Å²) in [6.45, 7) is 9.14. The van der Waals surface area contributed by atoms with Crippen LogP contribution in [0.3, 0.4) is 0 Å². The molecule has 2 N–H and O–H groups in total. The van der Waals surface area contributed by atoms with Crippen molar-refractivity contribution in [3.8, 4) is 0 Å². The van der Waals surface area contributed by atoms with Crippen molar-refractivity contribution in [2.24, 2.45) is 17.6 Å². The van der Waals surface area contributed by atoms with Gasteiger partial charge in [-0.05, 0) is 44.7 Å². The Morgan fingerprint density at radius 1 is 1.33 bits per heavy atom. The molecule has 0 bridgehead atoms. The van der Waals surface area contributed by atoms with Crippen LogP contribution in [0.5, 0.6) is 0 Å². The molecule has 27 heavy (non-hydrogen) atoms. The zero-order valence-electron chi connectivity index (χ0n) is 17.2. The van der Waals surface area contributed by atoms with Gasteiger partial charge in [0.25, 0.3) is 0 Å². The number of ether oxygens (including phenoxy) is 1. The van der Waals surface area contributed by atoms with E-state index in [0.29, 0.717) is 44.3 Å².